The molecule has 6 heteroatoms. The lowest BCUT2D eigenvalue weighted by Crippen LogP contribution is -2.29. The number of pyridine rings is 1. The van der Waals surface area contributed by atoms with E-state index < -0.39 is 5.91 Å². The van der Waals surface area contributed by atoms with Crippen molar-refractivity contribution in [1.29, 1.82) is 0 Å². The number of hydrogen-bond acceptors (Lipinski definition) is 4. The molecule has 1 aliphatic heterocycles. The fourth-order valence-electron chi connectivity index (χ4n) is 1.96. The Morgan fingerprint density at radius 1 is 1.16 bits per heavy atom. The molecule has 2 heterocycles. The van der Waals surface area contributed by atoms with Gasteiger partial charge in [-0.25, -0.2) is 4.90 Å². The van der Waals surface area contributed by atoms with Crippen LogP contribution in [-0.2, 0) is 0 Å². The summed E-state index contributed by atoms with van der Waals surface area (Å²) in [5, 5.41) is 0. The summed E-state index contributed by atoms with van der Waals surface area (Å²) in [6.45, 7) is 0. The van der Waals surface area contributed by atoms with Gasteiger partial charge in [-0.3, -0.25) is 14.6 Å². The smallest absolute Gasteiger partial charge is 0.284 e. The maximum Gasteiger partial charge on any atom is 0.284 e. The van der Waals surface area contributed by atoms with Gasteiger partial charge in [-0.2, -0.15) is 0 Å². The Hall–Kier alpha value is -2.21. The van der Waals surface area contributed by atoms with Crippen LogP contribution in [0.3, 0.4) is 0 Å². The molecule has 2 amide bonds. The molecule has 2 aromatic rings. The Labute approximate surface area is 117 Å². The van der Waals surface area contributed by atoms with E-state index in [2.05, 4.69) is 20.9 Å². The highest BCUT2D eigenvalue weighted by Gasteiger charge is 2.37. The van der Waals surface area contributed by atoms with Crippen molar-refractivity contribution in [2.24, 2.45) is 0 Å². The fourth-order valence-corrected chi connectivity index (χ4v) is 2.32. The summed E-state index contributed by atoms with van der Waals surface area (Å²) in [5.41, 5.74) is 7.20. The molecule has 19 heavy (non-hydrogen) atoms. The number of anilines is 2. The number of aromatic nitrogens is 1. The lowest BCUT2D eigenvalue weighted by Gasteiger charge is -2.14. The quantitative estimate of drug-likeness (QED) is 0.646. The Morgan fingerprint density at radius 3 is 2.63 bits per heavy atom. The Morgan fingerprint density at radius 2 is 1.95 bits per heavy atom. The molecule has 0 aliphatic carbocycles. The van der Waals surface area contributed by atoms with E-state index in [9.17, 15) is 9.59 Å². The Bertz CT molecular complexity index is 680. The van der Waals surface area contributed by atoms with Gasteiger partial charge in [0.2, 0.25) is 0 Å². The number of rotatable bonds is 1. The van der Waals surface area contributed by atoms with Crippen LogP contribution in [0, 0.1) is 0 Å². The van der Waals surface area contributed by atoms with E-state index in [0.717, 1.165) is 4.90 Å². The first-order valence-electron chi connectivity index (χ1n) is 5.48. The number of halogens is 1. The third-order valence-electron chi connectivity index (χ3n) is 2.89. The van der Waals surface area contributed by atoms with Crippen LogP contribution >= 0.6 is 15.9 Å². The molecule has 1 aromatic heterocycles. The molecule has 1 aromatic carbocycles. The summed E-state index contributed by atoms with van der Waals surface area (Å²) in [5.74, 6) is -0.790. The van der Waals surface area contributed by atoms with Crippen molar-refractivity contribution in [3.05, 3.63) is 52.3 Å². The molecule has 0 spiro atoms. The van der Waals surface area contributed by atoms with Crippen molar-refractivity contribution < 1.29 is 9.59 Å². The number of fused-ring (bicyclic) bond motifs is 1. The van der Waals surface area contributed by atoms with Crippen molar-refractivity contribution in [3.63, 3.8) is 0 Å². The van der Waals surface area contributed by atoms with E-state index in [4.69, 9.17) is 5.73 Å². The monoisotopic (exact) mass is 317 g/mol. The first-order chi connectivity index (χ1) is 9.09. The first kappa shape index (κ1) is 11.9. The maximum absolute atomic E-state index is 12.2. The summed E-state index contributed by atoms with van der Waals surface area (Å²) >= 11 is 3.28. The lowest BCUT2D eigenvalue weighted by atomic mass is 10.2. The second-order valence-corrected chi connectivity index (χ2v) is 4.91. The third-order valence-corrected chi connectivity index (χ3v) is 3.58. The largest absolute Gasteiger partial charge is 0.398 e. The van der Waals surface area contributed by atoms with Crippen molar-refractivity contribution >= 4 is 39.1 Å². The van der Waals surface area contributed by atoms with Crippen LogP contribution in [0.1, 0.15) is 20.8 Å². The molecular formula is C13H8BrN3O2. The highest BCUT2D eigenvalue weighted by Crippen LogP contribution is 2.31. The average molecular weight is 318 g/mol. The van der Waals surface area contributed by atoms with Gasteiger partial charge in [0.1, 0.15) is 5.69 Å². The van der Waals surface area contributed by atoms with Gasteiger partial charge in [-0.1, -0.05) is 0 Å². The lowest BCUT2D eigenvalue weighted by molar-refractivity contribution is 0.0924. The molecule has 0 unspecified atom stereocenters. The molecule has 2 N–H and O–H groups in total. The van der Waals surface area contributed by atoms with Gasteiger partial charge in [-0.15, -0.1) is 0 Å². The molecule has 3 rings (SSSR count). The van der Waals surface area contributed by atoms with E-state index in [1.165, 1.54) is 6.20 Å². The normalized spacial score (nSPS) is 13.8. The van der Waals surface area contributed by atoms with Crippen LogP contribution in [0.5, 0.6) is 0 Å². The number of carbonyl (C=O) groups is 2. The maximum atomic E-state index is 12.2. The number of benzene rings is 1. The molecule has 0 saturated carbocycles. The number of imide groups is 1. The van der Waals surface area contributed by atoms with Crippen molar-refractivity contribution in [2.45, 2.75) is 0 Å². The molecule has 1 aliphatic rings. The molecule has 0 fully saturated rings. The topological polar surface area (TPSA) is 76.3 Å². The van der Waals surface area contributed by atoms with Crippen molar-refractivity contribution in [2.75, 3.05) is 10.6 Å². The summed E-state index contributed by atoms with van der Waals surface area (Å²) in [4.78, 5) is 29.5. The summed E-state index contributed by atoms with van der Waals surface area (Å²) in [7, 11) is 0. The summed E-state index contributed by atoms with van der Waals surface area (Å²) < 4.78 is 0.634. The molecular weight excluding hydrogens is 310 g/mol. The Kier molecular flexibility index (Phi) is 2.60. The molecule has 0 saturated heterocycles. The van der Waals surface area contributed by atoms with E-state index in [0.29, 0.717) is 21.4 Å². The van der Waals surface area contributed by atoms with Crippen molar-refractivity contribution in [3.8, 4) is 0 Å². The molecule has 0 atom stereocenters. The molecule has 0 radical (unpaired) electrons. The van der Waals surface area contributed by atoms with Gasteiger partial charge in [0.05, 0.1) is 11.3 Å². The zero-order valence-corrected chi connectivity index (χ0v) is 11.2. The number of hydrogen-bond donors (Lipinski definition) is 1. The van der Waals surface area contributed by atoms with Gasteiger partial charge in [0.15, 0.2) is 0 Å². The van der Waals surface area contributed by atoms with Crippen LogP contribution in [0.2, 0.25) is 0 Å². The standard InChI is InChI=1S/C13H8BrN3O2/c14-9-6-7(3-4-10(9)15)17-12(18)8-2-1-5-16-11(8)13(17)19/h1-6H,15H2. The minimum Gasteiger partial charge on any atom is -0.398 e. The summed E-state index contributed by atoms with van der Waals surface area (Å²) in [6, 6.07) is 8.12. The Balaban J connectivity index is 2.11. The second kappa shape index (κ2) is 4.17. The van der Waals surface area contributed by atoms with Gasteiger partial charge in [0, 0.05) is 16.4 Å². The molecule has 94 valence electrons. The first-order valence-corrected chi connectivity index (χ1v) is 6.27. The predicted molar refractivity (Wildman–Crippen MR) is 73.9 cm³/mol. The minimum atomic E-state index is -0.419. The minimum absolute atomic E-state index is 0.181. The average Bonchev–Trinajstić information content (AvgIpc) is 2.66. The molecule has 0 bridgehead atoms. The summed E-state index contributed by atoms with van der Waals surface area (Å²) in [6.07, 6.45) is 1.49. The SMILES string of the molecule is Nc1ccc(N2C(=O)c3cccnc3C2=O)cc1Br. The van der Waals surface area contributed by atoms with Crippen LogP contribution in [0.25, 0.3) is 0 Å². The van der Waals surface area contributed by atoms with E-state index in [-0.39, 0.29) is 11.6 Å². The van der Waals surface area contributed by atoms with Crippen LogP contribution in [0.4, 0.5) is 11.4 Å². The van der Waals surface area contributed by atoms with Gasteiger partial charge in [0.25, 0.3) is 11.8 Å². The number of amides is 2. The van der Waals surface area contributed by atoms with Crippen LogP contribution in [-0.4, -0.2) is 16.8 Å². The molecule has 5 nitrogen and oxygen atoms in total. The zero-order chi connectivity index (χ0) is 13.6. The number of nitrogen functional groups attached to an aromatic ring is 1. The number of carbonyl (C=O) groups excluding carboxylic acids is 2. The fraction of sp³-hybridized carbons (Fsp3) is 0. The number of nitrogens with zero attached hydrogens (tertiary/aromatic N) is 2. The van der Waals surface area contributed by atoms with Gasteiger partial charge >= 0.3 is 0 Å². The third kappa shape index (κ3) is 1.72. The van der Waals surface area contributed by atoms with Crippen LogP contribution in [0.15, 0.2) is 41.0 Å². The highest BCUT2D eigenvalue weighted by atomic mass is 79.9. The van der Waals surface area contributed by atoms with E-state index in [1.54, 1.807) is 30.3 Å². The number of nitrogens with two attached hydrogens (primary N) is 1. The van der Waals surface area contributed by atoms with Crippen molar-refractivity contribution in [1.82, 2.24) is 4.98 Å². The van der Waals surface area contributed by atoms with Gasteiger partial charge < -0.3 is 5.73 Å². The van der Waals surface area contributed by atoms with Crippen LogP contribution < -0.4 is 10.6 Å². The predicted octanol–water partition coefficient (Wildman–Crippen LogP) is 2.23. The zero-order valence-electron chi connectivity index (χ0n) is 9.63. The second-order valence-electron chi connectivity index (χ2n) is 4.05. The van der Waals surface area contributed by atoms with E-state index in [1.807, 2.05) is 0 Å². The van der Waals surface area contributed by atoms with E-state index >= 15 is 0 Å². The highest BCUT2D eigenvalue weighted by molar-refractivity contribution is 9.10. The van der Waals surface area contributed by atoms with Gasteiger partial charge in [-0.05, 0) is 46.3 Å².